The SMILES string of the molecule is CN=C(NCc1ccc(C)s1)NCC1CCCN(C)C1.I. The lowest BCUT2D eigenvalue weighted by Gasteiger charge is -2.30. The summed E-state index contributed by atoms with van der Waals surface area (Å²) in [5.41, 5.74) is 0. The van der Waals surface area contributed by atoms with E-state index in [-0.39, 0.29) is 24.0 Å². The summed E-state index contributed by atoms with van der Waals surface area (Å²) in [6.45, 7) is 6.42. The van der Waals surface area contributed by atoms with Gasteiger partial charge in [-0.05, 0) is 51.4 Å². The van der Waals surface area contributed by atoms with Gasteiger partial charge in [0, 0.05) is 29.9 Å². The van der Waals surface area contributed by atoms with Crippen LogP contribution in [-0.2, 0) is 6.54 Å². The van der Waals surface area contributed by atoms with Gasteiger partial charge < -0.3 is 15.5 Å². The number of halogens is 1. The van der Waals surface area contributed by atoms with Gasteiger partial charge in [0.15, 0.2) is 5.96 Å². The number of nitrogens with one attached hydrogen (secondary N) is 2. The minimum absolute atomic E-state index is 0. The van der Waals surface area contributed by atoms with Gasteiger partial charge in [0.1, 0.15) is 0 Å². The van der Waals surface area contributed by atoms with Gasteiger partial charge in [-0.3, -0.25) is 4.99 Å². The van der Waals surface area contributed by atoms with Crippen molar-refractivity contribution in [3.05, 3.63) is 21.9 Å². The van der Waals surface area contributed by atoms with E-state index >= 15 is 0 Å². The van der Waals surface area contributed by atoms with Crippen molar-refractivity contribution in [2.24, 2.45) is 10.9 Å². The molecule has 1 aliphatic rings. The second-order valence-corrected chi connectivity index (χ2v) is 6.96. The highest BCUT2D eigenvalue weighted by Crippen LogP contribution is 2.15. The Balaban J connectivity index is 0.00000220. The fraction of sp³-hybridized carbons (Fsp3) is 0.667. The predicted molar refractivity (Wildman–Crippen MR) is 103 cm³/mol. The zero-order chi connectivity index (χ0) is 14.4. The third-order valence-corrected chi connectivity index (χ3v) is 4.73. The van der Waals surface area contributed by atoms with Gasteiger partial charge in [-0.1, -0.05) is 0 Å². The number of thiophene rings is 1. The number of aryl methyl sites for hydroxylation is 1. The predicted octanol–water partition coefficient (Wildman–Crippen LogP) is 2.68. The molecule has 0 aliphatic carbocycles. The summed E-state index contributed by atoms with van der Waals surface area (Å²) in [7, 11) is 4.04. The molecule has 1 fully saturated rings. The lowest BCUT2D eigenvalue weighted by atomic mass is 9.99. The summed E-state index contributed by atoms with van der Waals surface area (Å²) in [6, 6.07) is 4.34. The fourth-order valence-corrected chi connectivity index (χ4v) is 3.48. The summed E-state index contributed by atoms with van der Waals surface area (Å²) in [5.74, 6) is 1.64. The van der Waals surface area contributed by atoms with Crippen molar-refractivity contribution in [1.29, 1.82) is 0 Å². The van der Waals surface area contributed by atoms with Gasteiger partial charge in [-0.15, -0.1) is 35.3 Å². The van der Waals surface area contributed by atoms with E-state index in [1.165, 1.54) is 35.7 Å². The number of guanidine groups is 1. The third kappa shape index (κ3) is 6.52. The molecular weight excluding hydrogens is 395 g/mol. The Morgan fingerprint density at radius 3 is 2.86 bits per heavy atom. The maximum absolute atomic E-state index is 4.30. The Bertz CT molecular complexity index is 447. The first-order valence-electron chi connectivity index (χ1n) is 7.35. The summed E-state index contributed by atoms with van der Waals surface area (Å²) in [4.78, 5) is 9.42. The van der Waals surface area contributed by atoms with Crippen LogP contribution in [0.4, 0.5) is 0 Å². The number of nitrogens with zero attached hydrogens (tertiary/aromatic N) is 2. The van der Waals surface area contributed by atoms with Crippen molar-refractivity contribution in [3.63, 3.8) is 0 Å². The molecule has 2 N–H and O–H groups in total. The third-order valence-electron chi connectivity index (χ3n) is 3.73. The molecule has 1 atom stereocenters. The number of hydrogen-bond acceptors (Lipinski definition) is 3. The van der Waals surface area contributed by atoms with Crippen molar-refractivity contribution < 1.29 is 0 Å². The molecule has 1 aliphatic heterocycles. The van der Waals surface area contributed by atoms with E-state index in [4.69, 9.17) is 0 Å². The highest BCUT2D eigenvalue weighted by atomic mass is 127. The summed E-state index contributed by atoms with van der Waals surface area (Å²) < 4.78 is 0. The lowest BCUT2D eigenvalue weighted by Crippen LogP contribution is -2.43. The monoisotopic (exact) mass is 422 g/mol. The van der Waals surface area contributed by atoms with Crippen LogP contribution >= 0.6 is 35.3 Å². The smallest absolute Gasteiger partial charge is 0.191 e. The largest absolute Gasteiger partial charge is 0.356 e. The van der Waals surface area contributed by atoms with Gasteiger partial charge in [-0.2, -0.15) is 0 Å². The quantitative estimate of drug-likeness (QED) is 0.445. The van der Waals surface area contributed by atoms with E-state index in [0.29, 0.717) is 0 Å². The topological polar surface area (TPSA) is 39.7 Å². The van der Waals surface area contributed by atoms with Crippen molar-refractivity contribution in [3.8, 4) is 0 Å². The molecule has 0 aromatic carbocycles. The van der Waals surface area contributed by atoms with Gasteiger partial charge in [0.05, 0.1) is 6.54 Å². The Morgan fingerprint density at radius 1 is 1.43 bits per heavy atom. The zero-order valence-corrected chi connectivity index (χ0v) is 16.3. The first kappa shape index (κ1) is 18.7. The first-order chi connectivity index (χ1) is 9.67. The average Bonchev–Trinajstić information content (AvgIpc) is 2.85. The van der Waals surface area contributed by atoms with E-state index in [2.05, 4.69) is 46.6 Å². The van der Waals surface area contributed by atoms with Crippen LogP contribution in [0.25, 0.3) is 0 Å². The fourth-order valence-electron chi connectivity index (χ4n) is 2.65. The molecule has 1 aromatic heterocycles. The van der Waals surface area contributed by atoms with Crippen LogP contribution in [0, 0.1) is 12.8 Å². The minimum atomic E-state index is 0. The molecule has 0 spiro atoms. The number of piperidine rings is 1. The Morgan fingerprint density at radius 2 is 2.24 bits per heavy atom. The number of aliphatic imine (C=N–C) groups is 1. The average molecular weight is 422 g/mol. The van der Waals surface area contributed by atoms with Crippen LogP contribution in [0.15, 0.2) is 17.1 Å². The highest BCUT2D eigenvalue weighted by Gasteiger charge is 2.17. The lowest BCUT2D eigenvalue weighted by molar-refractivity contribution is 0.210. The Hall–Kier alpha value is -0.340. The molecule has 0 amide bonds. The van der Waals surface area contributed by atoms with Crippen LogP contribution < -0.4 is 10.6 Å². The van der Waals surface area contributed by atoms with E-state index < -0.39 is 0 Å². The first-order valence-corrected chi connectivity index (χ1v) is 8.17. The summed E-state index contributed by atoms with van der Waals surface area (Å²) >= 11 is 1.83. The second-order valence-electron chi connectivity index (χ2n) is 5.59. The van der Waals surface area contributed by atoms with Gasteiger partial charge in [0.25, 0.3) is 0 Å². The number of likely N-dealkylation sites (tertiary alicyclic amines) is 1. The van der Waals surface area contributed by atoms with Gasteiger partial charge >= 0.3 is 0 Å². The van der Waals surface area contributed by atoms with E-state index in [9.17, 15) is 0 Å². The second kappa shape index (κ2) is 9.63. The standard InChI is InChI=1S/C15H26N4S.HI/c1-12-6-7-14(20-12)10-18-15(16-2)17-9-13-5-4-8-19(3)11-13;/h6-7,13H,4-5,8-11H2,1-3H3,(H2,16,17,18);1H. The Kier molecular flexibility index (Phi) is 8.58. The molecule has 4 nitrogen and oxygen atoms in total. The number of hydrogen-bond donors (Lipinski definition) is 2. The molecule has 6 heteroatoms. The highest BCUT2D eigenvalue weighted by molar-refractivity contribution is 14.0. The van der Waals surface area contributed by atoms with Crippen LogP contribution in [0.2, 0.25) is 0 Å². The summed E-state index contributed by atoms with van der Waals surface area (Å²) in [6.07, 6.45) is 2.63. The molecule has 0 radical (unpaired) electrons. The van der Waals surface area contributed by atoms with Gasteiger partial charge in [-0.25, -0.2) is 0 Å². The van der Waals surface area contributed by atoms with Crippen molar-refractivity contribution >= 4 is 41.3 Å². The minimum Gasteiger partial charge on any atom is -0.356 e. The van der Waals surface area contributed by atoms with Crippen molar-refractivity contribution in [1.82, 2.24) is 15.5 Å². The van der Waals surface area contributed by atoms with Gasteiger partial charge in [0.2, 0.25) is 0 Å². The summed E-state index contributed by atoms with van der Waals surface area (Å²) in [5, 5.41) is 6.84. The molecule has 1 saturated heterocycles. The molecule has 2 rings (SSSR count). The van der Waals surface area contributed by atoms with E-state index in [1.807, 2.05) is 18.4 Å². The van der Waals surface area contributed by atoms with Crippen LogP contribution in [-0.4, -0.2) is 44.6 Å². The molecule has 2 heterocycles. The number of rotatable bonds is 4. The maximum atomic E-state index is 4.30. The molecule has 1 unspecified atom stereocenters. The molecule has 120 valence electrons. The van der Waals surface area contributed by atoms with Crippen LogP contribution in [0.5, 0.6) is 0 Å². The van der Waals surface area contributed by atoms with Crippen molar-refractivity contribution in [2.45, 2.75) is 26.3 Å². The van der Waals surface area contributed by atoms with Crippen LogP contribution in [0.1, 0.15) is 22.6 Å². The molecule has 0 bridgehead atoms. The zero-order valence-electron chi connectivity index (χ0n) is 13.2. The van der Waals surface area contributed by atoms with E-state index in [1.54, 1.807) is 0 Å². The molecule has 1 aromatic rings. The van der Waals surface area contributed by atoms with Crippen molar-refractivity contribution in [2.75, 3.05) is 33.7 Å². The Labute approximate surface area is 149 Å². The molecular formula is C15H27IN4S. The normalized spacial score (nSPS) is 20.0. The van der Waals surface area contributed by atoms with Crippen LogP contribution in [0.3, 0.4) is 0 Å². The van der Waals surface area contributed by atoms with E-state index in [0.717, 1.165) is 25.0 Å². The maximum Gasteiger partial charge on any atom is 0.191 e. The molecule has 0 saturated carbocycles. The molecule has 21 heavy (non-hydrogen) atoms.